The Morgan fingerprint density at radius 2 is 1.81 bits per heavy atom. The number of nitrogens with zero attached hydrogens (tertiary/aromatic N) is 4. The fraction of sp³-hybridized carbons (Fsp3) is 0.0435. The molecule has 0 aliphatic carbocycles. The zero-order valence-electron chi connectivity index (χ0n) is 16.0. The monoisotopic (exact) mass is 448 g/mol. The van der Waals surface area contributed by atoms with Crippen molar-refractivity contribution < 1.29 is 9.21 Å². The number of aromatic nitrogens is 4. The number of rotatable bonds is 5. The number of carbonyl (C=O) groups is 1. The van der Waals surface area contributed by atoms with Gasteiger partial charge in [-0.3, -0.25) is 4.79 Å². The molecular formula is C23H14Cl2N4O2. The number of para-hydroxylation sites is 1. The van der Waals surface area contributed by atoms with E-state index in [4.69, 9.17) is 27.6 Å². The Morgan fingerprint density at radius 3 is 2.58 bits per heavy atom. The topological polar surface area (TPSA) is 73.8 Å². The van der Waals surface area contributed by atoms with Gasteiger partial charge in [-0.25, -0.2) is 15.0 Å². The van der Waals surface area contributed by atoms with Crippen molar-refractivity contribution in [2.45, 2.75) is 6.54 Å². The van der Waals surface area contributed by atoms with Crippen LogP contribution in [-0.2, 0) is 6.54 Å². The van der Waals surface area contributed by atoms with Crippen LogP contribution in [0.4, 0.5) is 0 Å². The molecule has 3 aromatic heterocycles. The normalized spacial score (nSPS) is 11.2. The first-order valence-corrected chi connectivity index (χ1v) is 10.2. The van der Waals surface area contributed by atoms with Crippen LogP contribution in [0.3, 0.4) is 0 Å². The molecule has 5 aromatic rings. The van der Waals surface area contributed by atoms with Gasteiger partial charge in [-0.15, -0.1) is 0 Å². The fourth-order valence-electron chi connectivity index (χ4n) is 3.46. The van der Waals surface area contributed by atoms with Gasteiger partial charge in [0.15, 0.2) is 5.76 Å². The molecule has 31 heavy (non-hydrogen) atoms. The smallest absolute Gasteiger partial charge is 0.269 e. The SMILES string of the molecule is O=C(c1ncc(-c2ccncn2)o1)c1c(Cl)n(Cc2ccc(Cl)cc2)c2ccccc12. The molecule has 2 aromatic carbocycles. The summed E-state index contributed by atoms with van der Waals surface area (Å²) < 4.78 is 7.59. The van der Waals surface area contributed by atoms with E-state index in [1.165, 1.54) is 12.5 Å². The number of hydrogen-bond donors (Lipinski definition) is 0. The molecule has 3 heterocycles. The number of hydrogen-bond acceptors (Lipinski definition) is 5. The average Bonchev–Trinajstić information content (AvgIpc) is 3.40. The van der Waals surface area contributed by atoms with E-state index in [2.05, 4.69) is 15.0 Å². The fourth-order valence-corrected chi connectivity index (χ4v) is 3.92. The molecule has 0 fully saturated rings. The van der Waals surface area contributed by atoms with Crippen molar-refractivity contribution in [3.8, 4) is 11.5 Å². The Kier molecular flexibility index (Phi) is 5.02. The highest BCUT2D eigenvalue weighted by molar-refractivity contribution is 6.36. The Bertz CT molecular complexity index is 1390. The van der Waals surface area contributed by atoms with Crippen LogP contribution in [0, 0.1) is 0 Å². The van der Waals surface area contributed by atoms with E-state index in [0.717, 1.165) is 16.5 Å². The molecule has 152 valence electrons. The zero-order chi connectivity index (χ0) is 21.4. The van der Waals surface area contributed by atoms with E-state index in [-0.39, 0.29) is 5.89 Å². The molecular weight excluding hydrogens is 435 g/mol. The maximum absolute atomic E-state index is 13.3. The van der Waals surface area contributed by atoms with Crippen molar-refractivity contribution in [3.63, 3.8) is 0 Å². The predicted octanol–water partition coefficient (Wildman–Crippen LogP) is 5.67. The van der Waals surface area contributed by atoms with Gasteiger partial charge in [0.25, 0.3) is 11.7 Å². The molecule has 0 unspecified atom stereocenters. The third kappa shape index (κ3) is 3.60. The van der Waals surface area contributed by atoms with E-state index in [1.54, 1.807) is 12.3 Å². The molecule has 0 spiro atoms. The van der Waals surface area contributed by atoms with Crippen LogP contribution >= 0.6 is 23.2 Å². The van der Waals surface area contributed by atoms with Gasteiger partial charge in [-0.1, -0.05) is 53.5 Å². The summed E-state index contributed by atoms with van der Waals surface area (Å²) in [5, 5.41) is 1.71. The van der Waals surface area contributed by atoms with Crippen molar-refractivity contribution in [3.05, 3.63) is 101 Å². The van der Waals surface area contributed by atoms with Gasteiger partial charge in [-0.2, -0.15) is 0 Å². The molecule has 6 nitrogen and oxygen atoms in total. The first kappa shape index (κ1) is 19.5. The molecule has 8 heteroatoms. The van der Waals surface area contributed by atoms with Crippen molar-refractivity contribution in [1.29, 1.82) is 0 Å². The van der Waals surface area contributed by atoms with E-state index in [0.29, 0.717) is 33.7 Å². The van der Waals surface area contributed by atoms with Gasteiger partial charge in [-0.05, 0) is 29.8 Å². The van der Waals surface area contributed by atoms with Crippen LogP contribution in [0.2, 0.25) is 10.2 Å². The highest BCUT2D eigenvalue weighted by Gasteiger charge is 2.26. The zero-order valence-corrected chi connectivity index (χ0v) is 17.5. The number of benzene rings is 2. The van der Waals surface area contributed by atoms with Crippen molar-refractivity contribution in [1.82, 2.24) is 19.5 Å². The van der Waals surface area contributed by atoms with Crippen LogP contribution in [0.15, 0.2) is 77.7 Å². The molecule has 0 saturated carbocycles. The maximum atomic E-state index is 13.3. The van der Waals surface area contributed by atoms with Crippen LogP contribution in [0.25, 0.3) is 22.4 Å². The second kappa shape index (κ2) is 7.98. The Hall–Kier alpha value is -3.48. The molecule has 0 amide bonds. The molecule has 0 atom stereocenters. The minimum absolute atomic E-state index is 0.0510. The summed E-state index contributed by atoms with van der Waals surface area (Å²) in [5.74, 6) is -0.0620. The van der Waals surface area contributed by atoms with Gasteiger partial charge >= 0.3 is 0 Å². The second-order valence-corrected chi connectivity index (χ2v) is 7.64. The summed E-state index contributed by atoms with van der Waals surface area (Å²) in [6.07, 6.45) is 4.46. The Labute approximate surface area is 187 Å². The summed E-state index contributed by atoms with van der Waals surface area (Å²) in [5.41, 5.74) is 2.74. The molecule has 0 radical (unpaired) electrons. The predicted molar refractivity (Wildman–Crippen MR) is 118 cm³/mol. The standard InChI is InChI=1S/C23H14Cl2N4O2/c24-15-7-5-14(6-8-15)12-29-18-4-2-1-3-16(18)20(22(29)25)21(30)23-27-11-19(31-23)17-9-10-26-13-28-17/h1-11,13H,12H2. The van der Waals surface area contributed by atoms with Gasteiger partial charge < -0.3 is 8.98 Å². The van der Waals surface area contributed by atoms with E-state index in [9.17, 15) is 4.79 Å². The Morgan fingerprint density at radius 1 is 1.00 bits per heavy atom. The summed E-state index contributed by atoms with van der Waals surface area (Å²) in [6.45, 7) is 0.488. The molecule has 5 rings (SSSR count). The van der Waals surface area contributed by atoms with Crippen LogP contribution in [-0.4, -0.2) is 25.3 Å². The third-order valence-electron chi connectivity index (χ3n) is 4.92. The molecule has 0 bridgehead atoms. The lowest BCUT2D eigenvalue weighted by atomic mass is 10.1. The van der Waals surface area contributed by atoms with Crippen LogP contribution in [0.5, 0.6) is 0 Å². The minimum Gasteiger partial charge on any atom is -0.432 e. The van der Waals surface area contributed by atoms with Crippen molar-refractivity contribution in [2.24, 2.45) is 0 Å². The van der Waals surface area contributed by atoms with Crippen LogP contribution < -0.4 is 0 Å². The van der Waals surface area contributed by atoms with E-state index < -0.39 is 5.78 Å². The Balaban J connectivity index is 1.57. The van der Waals surface area contributed by atoms with Gasteiger partial charge in [0.1, 0.15) is 17.2 Å². The number of ketones is 1. The highest BCUT2D eigenvalue weighted by Crippen LogP contribution is 2.33. The van der Waals surface area contributed by atoms with Gasteiger partial charge in [0.2, 0.25) is 0 Å². The number of oxazole rings is 1. The number of fused-ring (bicyclic) bond motifs is 1. The van der Waals surface area contributed by atoms with Crippen molar-refractivity contribution in [2.75, 3.05) is 0 Å². The van der Waals surface area contributed by atoms with E-state index >= 15 is 0 Å². The largest absolute Gasteiger partial charge is 0.432 e. The number of carbonyl (C=O) groups excluding carboxylic acids is 1. The lowest BCUT2D eigenvalue weighted by Gasteiger charge is -2.07. The average molecular weight is 449 g/mol. The minimum atomic E-state index is -0.392. The third-order valence-corrected chi connectivity index (χ3v) is 5.57. The summed E-state index contributed by atoms with van der Waals surface area (Å²) in [7, 11) is 0. The van der Waals surface area contributed by atoms with Gasteiger partial charge in [0, 0.05) is 23.2 Å². The van der Waals surface area contributed by atoms with Crippen molar-refractivity contribution >= 4 is 39.9 Å². The number of halogens is 2. The van der Waals surface area contributed by atoms with Gasteiger partial charge in [0.05, 0.1) is 17.3 Å². The lowest BCUT2D eigenvalue weighted by Crippen LogP contribution is -2.04. The summed E-state index contributed by atoms with van der Waals surface area (Å²) in [6, 6.07) is 16.7. The molecule has 0 N–H and O–H groups in total. The summed E-state index contributed by atoms with van der Waals surface area (Å²) >= 11 is 12.7. The molecule has 0 aliphatic rings. The second-order valence-electron chi connectivity index (χ2n) is 6.85. The maximum Gasteiger partial charge on any atom is 0.269 e. The first-order valence-electron chi connectivity index (χ1n) is 9.40. The highest BCUT2D eigenvalue weighted by atomic mass is 35.5. The molecule has 0 saturated heterocycles. The quantitative estimate of drug-likeness (QED) is 0.323. The first-order chi connectivity index (χ1) is 15.1. The van der Waals surface area contributed by atoms with E-state index in [1.807, 2.05) is 53.1 Å². The molecule has 0 aliphatic heterocycles. The van der Waals surface area contributed by atoms with Crippen LogP contribution in [0.1, 0.15) is 21.8 Å². The summed E-state index contributed by atoms with van der Waals surface area (Å²) in [4.78, 5) is 25.5. The lowest BCUT2D eigenvalue weighted by molar-refractivity contribution is 0.100.